The summed E-state index contributed by atoms with van der Waals surface area (Å²) in [6.45, 7) is 6.59. The van der Waals surface area contributed by atoms with Gasteiger partial charge >= 0.3 is 6.18 Å². The van der Waals surface area contributed by atoms with Crippen molar-refractivity contribution in [3.63, 3.8) is 0 Å². The minimum absolute atomic E-state index is 0.00587. The molecule has 0 amide bonds. The summed E-state index contributed by atoms with van der Waals surface area (Å²) >= 11 is 0. The highest BCUT2D eigenvalue weighted by molar-refractivity contribution is 5.26. The molecule has 1 aliphatic heterocycles. The van der Waals surface area contributed by atoms with Crippen molar-refractivity contribution in [3.05, 3.63) is 41.2 Å². The highest BCUT2D eigenvalue weighted by Gasteiger charge is 2.53. The largest absolute Gasteiger partial charge is 0.417 e. The Morgan fingerprint density at radius 3 is 2.58 bits per heavy atom. The quantitative estimate of drug-likeness (QED) is 0.827. The minimum Gasteiger partial charge on any atom is -0.396 e. The second-order valence-electron chi connectivity index (χ2n) is 7.11. The van der Waals surface area contributed by atoms with Gasteiger partial charge in [0, 0.05) is 17.5 Å². The Kier molecular flexibility index (Phi) is 4.24. The molecule has 1 fully saturated rings. The molecule has 0 spiro atoms. The number of nitrogens with zero attached hydrogens (tertiary/aromatic N) is 1. The van der Waals surface area contributed by atoms with E-state index in [4.69, 9.17) is 4.74 Å². The van der Waals surface area contributed by atoms with Crippen LogP contribution in [-0.4, -0.2) is 23.3 Å². The summed E-state index contributed by atoms with van der Waals surface area (Å²) in [5.41, 5.74) is 0.551. The van der Waals surface area contributed by atoms with Crippen LogP contribution in [0.4, 0.5) is 13.2 Å². The van der Waals surface area contributed by atoms with E-state index in [2.05, 4.69) is 24.9 Å². The number of aromatic nitrogens is 1. The summed E-state index contributed by atoms with van der Waals surface area (Å²) in [6.07, 6.45) is -1.76. The molecule has 2 heterocycles. The molecule has 2 bridgehead atoms. The van der Waals surface area contributed by atoms with E-state index in [1.54, 1.807) is 0 Å². The third-order valence-electron chi connectivity index (χ3n) is 5.95. The molecular weight excluding hydrogens is 319 g/mol. The first-order valence-corrected chi connectivity index (χ1v) is 8.14. The zero-order chi connectivity index (χ0) is 17.7. The van der Waals surface area contributed by atoms with E-state index in [1.807, 2.05) is 6.92 Å². The molecule has 3 rings (SSSR count). The second kappa shape index (κ2) is 5.85. The number of hydrogen-bond donors (Lipinski definition) is 1. The molecule has 0 aromatic carbocycles. The lowest BCUT2D eigenvalue weighted by molar-refractivity contribution is -0.166. The van der Waals surface area contributed by atoms with Crippen LogP contribution >= 0.6 is 0 Å². The number of halogens is 3. The van der Waals surface area contributed by atoms with Crippen LogP contribution in [0, 0.1) is 23.2 Å². The lowest BCUT2D eigenvalue weighted by atomic mass is 9.56. The SMILES string of the molecule is CC1=CC(C)C2(CO)COC(c3ccc(C(F)(F)F)cn3)C1C2C. The van der Waals surface area contributed by atoms with Gasteiger partial charge in [0.05, 0.1) is 24.5 Å². The van der Waals surface area contributed by atoms with E-state index in [9.17, 15) is 18.3 Å². The number of ether oxygens (including phenoxy) is 1. The van der Waals surface area contributed by atoms with Crippen molar-refractivity contribution >= 4 is 0 Å². The number of alkyl halides is 3. The van der Waals surface area contributed by atoms with Crippen LogP contribution in [0.3, 0.4) is 0 Å². The van der Waals surface area contributed by atoms with Gasteiger partial charge in [0.1, 0.15) is 6.10 Å². The maximum Gasteiger partial charge on any atom is 0.417 e. The van der Waals surface area contributed by atoms with Gasteiger partial charge in [-0.3, -0.25) is 4.98 Å². The fourth-order valence-electron chi connectivity index (χ4n) is 4.29. The molecule has 5 unspecified atom stereocenters. The molecule has 0 radical (unpaired) electrons. The van der Waals surface area contributed by atoms with Gasteiger partial charge in [0.2, 0.25) is 0 Å². The van der Waals surface area contributed by atoms with E-state index in [0.717, 1.165) is 17.8 Å². The average Bonchev–Trinajstić information content (AvgIpc) is 2.52. The van der Waals surface area contributed by atoms with E-state index in [-0.39, 0.29) is 35.9 Å². The van der Waals surface area contributed by atoms with Gasteiger partial charge in [-0.2, -0.15) is 13.2 Å². The highest BCUT2D eigenvalue weighted by Crippen LogP contribution is 2.55. The van der Waals surface area contributed by atoms with Gasteiger partial charge in [-0.05, 0) is 30.9 Å². The normalized spacial score (nSPS) is 36.4. The number of rotatable bonds is 2. The Morgan fingerprint density at radius 1 is 1.33 bits per heavy atom. The number of aliphatic hydroxyl groups excluding tert-OH is 1. The van der Waals surface area contributed by atoms with Gasteiger partial charge in [-0.25, -0.2) is 0 Å². The maximum absolute atomic E-state index is 12.7. The van der Waals surface area contributed by atoms with E-state index in [1.165, 1.54) is 6.07 Å². The number of pyridine rings is 1. The predicted molar refractivity (Wildman–Crippen MR) is 83.0 cm³/mol. The minimum atomic E-state index is -4.39. The van der Waals surface area contributed by atoms with Gasteiger partial charge in [0.25, 0.3) is 0 Å². The van der Waals surface area contributed by atoms with Crippen LogP contribution in [0.2, 0.25) is 0 Å². The van der Waals surface area contributed by atoms with Crippen molar-refractivity contribution < 1.29 is 23.0 Å². The maximum atomic E-state index is 12.7. The molecule has 1 saturated heterocycles. The number of aliphatic hydroxyl groups is 1. The Bertz CT molecular complexity index is 641. The summed E-state index contributed by atoms with van der Waals surface area (Å²) < 4.78 is 44.2. The molecule has 6 heteroatoms. The molecular formula is C18H22F3NO2. The van der Waals surface area contributed by atoms with E-state index < -0.39 is 11.7 Å². The molecule has 3 nitrogen and oxygen atoms in total. The van der Waals surface area contributed by atoms with Crippen molar-refractivity contribution in [2.45, 2.75) is 33.1 Å². The molecule has 1 aliphatic carbocycles. The fraction of sp³-hybridized carbons (Fsp3) is 0.611. The third-order valence-corrected chi connectivity index (χ3v) is 5.95. The van der Waals surface area contributed by atoms with Crippen molar-refractivity contribution in [2.75, 3.05) is 13.2 Å². The lowest BCUT2D eigenvalue weighted by Crippen LogP contribution is -2.54. The average molecular weight is 341 g/mol. The number of hydrogen-bond acceptors (Lipinski definition) is 3. The van der Waals surface area contributed by atoms with Crippen LogP contribution in [0.15, 0.2) is 30.0 Å². The smallest absolute Gasteiger partial charge is 0.396 e. The van der Waals surface area contributed by atoms with Crippen molar-refractivity contribution in [1.29, 1.82) is 0 Å². The van der Waals surface area contributed by atoms with Crippen LogP contribution in [0.25, 0.3) is 0 Å². The molecule has 1 aromatic rings. The Hall–Kier alpha value is -1.40. The Balaban J connectivity index is 1.95. The van der Waals surface area contributed by atoms with Crippen LogP contribution in [-0.2, 0) is 10.9 Å². The van der Waals surface area contributed by atoms with Gasteiger partial charge in [-0.1, -0.05) is 25.5 Å². The van der Waals surface area contributed by atoms with E-state index >= 15 is 0 Å². The molecule has 1 N–H and O–H groups in total. The fourth-order valence-corrected chi connectivity index (χ4v) is 4.29. The van der Waals surface area contributed by atoms with Crippen LogP contribution < -0.4 is 0 Å². The van der Waals surface area contributed by atoms with Crippen molar-refractivity contribution in [1.82, 2.24) is 4.98 Å². The zero-order valence-electron chi connectivity index (χ0n) is 14.0. The zero-order valence-corrected chi connectivity index (χ0v) is 14.0. The molecule has 132 valence electrons. The van der Waals surface area contributed by atoms with Gasteiger partial charge in [-0.15, -0.1) is 0 Å². The van der Waals surface area contributed by atoms with Gasteiger partial charge in [0.15, 0.2) is 0 Å². The second-order valence-corrected chi connectivity index (χ2v) is 7.11. The summed E-state index contributed by atoms with van der Waals surface area (Å²) in [6, 6.07) is 2.45. The highest BCUT2D eigenvalue weighted by atomic mass is 19.4. The predicted octanol–water partition coefficient (Wildman–Crippen LogP) is 4.00. The third kappa shape index (κ3) is 2.56. The molecule has 2 aliphatic rings. The van der Waals surface area contributed by atoms with Gasteiger partial charge < -0.3 is 9.84 Å². The topological polar surface area (TPSA) is 42.4 Å². The summed E-state index contributed by atoms with van der Waals surface area (Å²) in [4.78, 5) is 4.02. The van der Waals surface area contributed by atoms with E-state index in [0.29, 0.717) is 12.3 Å². The number of allylic oxidation sites excluding steroid dienone is 1. The number of fused-ring (bicyclic) bond motifs is 2. The first-order chi connectivity index (χ1) is 11.2. The lowest BCUT2D eigenvalue weighted by Gasteiger charge is -2.54. The summed E-state index contributed by atoms with van der Waals surface area (Å²) in [5, 5.41) is 9.95. The molecule has 0 saturated carbocycles. The molecule has 24 heavy (non-hydrogen) atoms. The summed E-state index contributed by atoms with van der Waals surface area (Å²) in [5.74, 6) is 0.354. The van der Waals surface area contributed by atoms with Crippen molar-refractivity contribution in [2.24, 2.45) is 23.2 Å². The van der Waals surface area contributed by atoms with Crippen LogP contribution in [0.5, 0.6) is 0 Å². The Labute approximate surface area is 139 Å². The van der Waals surface area contributed by atoms with Crippen LogP contribution in [0.1, 0.15) is 38.1 Å². The standard InChI is InChI=1S/C18H22F3NO2/c1-10-6-11(2)17(8-23)9-24-16(15(10)12(17)3)14-5-4-13(7-22-14)18(19,20)21/h4-7,11-12,15-16,23H,8-9H2,1-3H3. The molecule has 5 atom stereocenters. The monoisotopic (exact) mass is 341 g/mol. The van der Waals surface area contributed by atoms with Crippen molar-refractivity contribution in [3.8, 4) is 0 Å². The first-order valence-electron chi connectivity index (χ1n) is 8.14. The Morgan fingerprint density at radius 2 is 2.04 bits per heavy atom. The first kappa shape index (κ1) is 17.4. The summed E-state index contributed by atoms with van der Waals surface area (Å²) in [7, 11) is 0. The molecule has 1 aromatic heterocycles.